The number of hydrogen-bond donors (Lipinski definition) is 1. The van der Waals surface area contributed by atoms with Crippen LogP contribution in [-0.2, 0) is 0 Å². The number of hydrogen-bond acceptors (Lipinski definition) is 2. The fourth-order valence-electron chi connectivity index (χ4n) is 4.04. The molecule has 98 valence electrons. The van der Waals surface area contributed by atoms with Crippen LogP contribution in [0.15, 0.2) is 24.3 Å². The summed E-state index contributed by atoms with van der Waals surface area (Å²) in [7, 11) is 0. The summed E-state index contributed by atoms with van der Waals surface area (Å²) in [4.78, 5) is 0. The van der Waals surface area contributed by atoms with E-state index in [4.69, 9.17) is 4.74 Å². The van der Waals surface area contributed by atoms with E-state index in [1.165, 1.54) is 6.42 Å². The molecule has 2 nitrogen and oxygen atoms in total. The Labute approximate surface area is 109 Å². The lowest BCUT2D eigenvalue weighted by atomic mass is 9.70. The molecule has 1 spiro atoms. The third kappa shape index (κ3) is 2.03. The van der Waals surface area contributed by atoms with Gasteiger partial charge in [-0.1, -0.05) is 32.0 Å². The molecule has 2 aliphatic rings. The summed E-state index contributed by atoms with van der Waals surface area (Å²) >= 11 is 0. The van der Waals surface area contributed by atoms with Crippen LogP contribution in [0.25, 0.3) is 0 Å². The Hall–Kier alpha value is -1.02. The van der Waals surface area contributed by atoms with Gasteiger partial charge in [-0.3, -0.25) is 0 Å². The highest BCUT2D eigenvalue weighted by Gasteiger charge is 2.44. The van der Waals surface area contributed by atoms with Crippen LogP contribution in [0.1, 0.15) is 51.2 Å². The van der Waals surface area contributed by atoms with E-state index in [1.807, 2.05) is 24.3 Å². The average molecular weight is 246 g/mol. The standard InChI is InChI=1S/C16H22O2/c1-11-7-12(2)9-16(8-11)10-14(17)13-5-3-4-6-15(13)18-16/h3-6,11-12,14,17H,7-10H2,1-2H3. The fraction of sp³-hybridized carbons (Fsp3) is 0.625. The molecule has 1 heterocycles. The number of para-hydroxylation sites is 1. The van der Waals surface area contributed by atoms with Gasteiger partial charge in [-0.2, -0.15) is 0 Å². The van der Waals surface area contributed by atoms with E-state index in [9.17, 15) is 5.11 Å². The summed E-state index contributed by atoms with van der Waals surface area (Å²) in [5.41, 5.74) is 0.819. The van der Waals surface area contributed by atoms with Gasteiger partial charge in [-0.15, -0.1) is 0 Å². The van der Waals surface area contributed by atoms with E-state index < -0.39 is 0 Å². The minimum atomic E-state index is -0.368. The molecule has 1 fully saturated rings. The Bertz CT molecular complexity index is 430. The molecule has 1 aromatic rings. The zero-order chi connectivity index (χ0) is 12.8. The normalized spacial score (nSPS) is 39.2. The molecule has 1 N–H and O–H groups in total. The van der Waals surface area contributed by atoms with E-state index in [2.05, 4.69) is 13.8 Å². The minimum Gasteiger partial charge on any atom is -0.487 e. The summed E-state index contributed by atoms with van der Waals surface area (Å²) < 4.78 is 6.31. The zero-order valence-electron chi connectivity index (χ0n) is 11.2. The average Bonchev–Trinajstić information content (AvgIpc) is 2.26. The second-order valence-corrected chi connectivity index (χ2v) is 6.40. The predicted octanol–water partition coefficient (Wildman–Crippen LogP) is 3.70. The van der Waals surface area contributed by atoms with E-state index in [0.29, 0.717) is 11.8 Å². The van der Waals surface area contributed by atoms with Crippen LogP contribution in [0.3, 0.4) is 0 Å². The molecule has 18 heavy (non-hydrogen) atoms. The molecular weight excluding hydrogens is 224 g/mol. The van der Waals surface area contributed by atoms with Crippen molar-refractivity contribution >= 4 is 0 Å². The lowest BCUT2D eigenvalue weighted by molar-refractivity contribution is -0.0623. The molecule has 3 atom stereocenters. The molecule has 1 aromatic carbocycles. The van der Waals surface area contributed by atoms with Crippen molar-refractivity contribution in [3.63, 3.8) is 0 Å². The number of ether oxygens (including phenoxy) is 1. The maximum Gasteiger partial charge on any atom is 0.125 e. The lowest BCUT2D eigenvalue weighted by Gasteiger charge is -2.47. The number of benzene rings is 1. The summed E-state index contributed by atoms with van der Waals surface area (Å²) in [6.45, 7) is 4.60. The highest BCUT2D eigenvalue weighted by atomic mass is 16.5. The topological polar surface area (TPSA) is 29.5 Å². The summed E-state index contributed by atoms with van der Waals surface area (Å²) in [6.07, 6.45) is 3.81. The molecular formula is C16H22O2. The number of aliphatic hydroxyl groups excluding tert-OH is 1. The SMILES string of the molecule is CC1CC(C)CC2(C1)CC(O)c1ccccc1O2. The quantitative estimate of drug-likeness (QED) is 0.756. The first-order valence-electron chi connectivity index (χ1n) is 7.04. The number of rotatable bonds is 0. The van der Waals surface area contributed by atoms with Crippen molar-refractivity contribution in [1.82, 2.24) is 0 Å². The molecule has 3 unspecified atom stereocenters. The molecule has 3 rings (SSSR count). The maximum atomic E-state index is 10.4. The minimum absolute atomic E-state index is 0.134. The summed E-state index contributed by atoms with van der Waals surface area (Å²) in [5.74, 6) is 2.26. The van der Waals surface area contributed by atoms with Crippen LogP contribution in [-0.4, -0.2) is 10.7 Å². The Morgan fingerprint density at radius 1 is 1.11 bits per heavy atom. The van der Waals surface area contributed by atoms with Crippen LogP contribution in [0.4, 0.5) is 0 Å². The maximum absolute atomic E-state index is 10.4. The molecule has 0 aromatic heterocycles. The molecule has 0 radical (unpaired) electrons. The van der Waals surface area contributed by atoms with E-state index in [-0.39, 0.29) is 11.7 Å². The van der Waals surface area contributed by atoms with Crippen LogP contribution >= 0.6 is 0 Å². The summed E-state index contributed by atoms with van der Waals surface area (Å²) in [6, 6.07) is 7.92. The highest BCUT2D eigenvalue weighted by Crippen LogP contribution is 2.48. The number of aliphatic hydroxyl groups is 1. The predicted molar refractivity (Wildman–Crippen MR) is 71.6 cm³/mol. The van der Waals surface area contributed by atoms with Crippen molar-refractivity contribution in [1.29, 1.82) is 0 Å². The second kappa shape index (κ2) is 4.27. The van der Waals surface area contributed by atoms with Crippen molar-refractivity contribution < 1.29 is 9.84 Å². The first-order chi connectivity index (χ1) is 8.58. The van der Waals surface area contributed by atoms with Gasteiger partial charge < -0.3 is 9.84 Å². The van der Waals surface area contributed by atoms with Gasteiger partial charge in [0.25, 0.3) is 0 Å². The first-order valence-corrected chi connectivity index (χ1v) is 7.04. The Morgan fingerprint density at radius 2 is 1.78 bits per heavy atom. The zero-order valence-corrected chi connectivity index (χ0v) is 11.2. The van der Waals surface area contributed by atoms with E-state index in [0.717, 1.165) is 30.6 Å². The van der Waals surface area contributed by atoms with Gasteiger partial charge in [0.2, 0.25) is 0 Å². The molecule has 1 aliphatic carbocycles. The van der Waals surface area contributed by atoms with Crippen molar-refractivity contribution in [2.45, 2.75) is 51.2 Å². The third-order valence-electron chi connectivity index (χ3n) is 4.42. The molecule has 0 saturated heterocycles. The van der Waals surface area contributed by atoms with Crippen molar-refractivity contribution in [2.24, 2.45) is 11.8 Å². The summed E-state index contributed by atoms with van der Waals surface area (Å²) in [5, 5.41) is 10.4. The molecule has 1 saturated carbocycles. The van der Waals surface area contributed by atoms with Crippen molar-refractivity contribution in [3.8, 4) is 5.75 Å². The van der Waals surface area contributed by atoms with Crippen molar-refractivity contribution in [3.05, 3.63) is 29.8 Å². The van der Waals surface area contributed by atoms with Gasteiger partial charge in [-0.05, 0) is 37.2 Å². The van der Waals surface area contributed by atoms with Gasteiger partial charge >= 0.3 is 0 Å². The van der Waals surface area contributed by atoms with Gasteiger partial charge in [-0.25, -0.2) is 0 Å². The first kappa shape index (κ1) is 12.0. The van der Waals surface area contributed by atoms with Crippen LogP contribution < -0.4 is 4.74 Å². The van der Waals surface area contributed by atoms with Crippen LogP contribution in [0.2, 0.25) is 0 Å². The molecule has 1 aliphatic heterocycles. The smallest absolute Gasteiger partial charge is 0.125 e. The van der Waals surface area contributed by atoms with Crippen LogP contribution in [0.5, 0.6) is 5.75 Å². The van der Waals surface area contributed by atoms with Gasteiger partial charge in [0.1, 0.15) is 11.4 Å². The Morgan fingerprint density at radius 3 is 2.50 bits per heavy atom. The third-order valence-corrected chi connectivity index (χ3v) is 4.42. The highest BCUT2D eigenvalue weighted by molar-refractivity contribution is 5.38. The van der Waals surface area contributed by atoms with Crippen molar-refractivity contribution in [2.75, 3.05) is 0 Å². The molecule has 0 bridgehead atoms. The molecule has 0 amide bonds. The van der Waals surface area contributed by atoms with E-state index in [1.54, 1.807) is 0 Å². The van der Waals surface area contributed by atoms with Gasteiger partial charge in [0, 0.05) is 12.0 Å². The van der Waals surface area contributed by atoms with E-state index >= 15 is 0 Å². The van der Waals surface area contributed by atoms with Gasteiger partial charge in [0.05, 0.1) is 6.10 Å². The molecule has 2 heteroatoms. The fourth-order valence-corrected chi connectivity index (χ4v) is 4.04. The lowest BCUT2D eigenvalue weighted by Crippen LogP contribution is -2.46. The largest absolute Gasteiger partial charge is 0.487 e. The monoisotopic (exact) mass is 246 g/mol. The van der Waals surface area contributed by atoms with Gasteiger partial charge in [0.15, 0.2) is 0 Å². The Kier molecular flexibility index (Phi) is 2.86. The number of fused-ring (bicyclic) bond motifs is 1. The van der Waals surface area contributed by atoms with Crippen LogP contribution in [0, 0.1) is 11.8 Å². The second-order valence-electron chi connectivity index (χ2n) is 6.40. The Balaban J connectivity index is 1.93.